The number of aromatic nitrogens is 5. The molecule has 0 amide bonds. The Bertz CT molecular complexity index is 1610. The number of esters is 1. The second-order valence-corrected chi connectivity index (χ2v) is 9.81. The van der Waals surface area contributed by atoms with Gasteiger partial charge in [0.25, 0.3) is 0 Å². The van der Waals surface area contributed by atoms with E-state index in [1.54, 1.807) is 0 Å². The first-order chi connectivity index (χ1) is 21.1. The average molecular weight is 634 g/mol. The number of alkyl halides is 2. The van der Waals surface area contributed by atoms with Crippen LogP contribution in [0, 0.1) is 29.3 Å². The van der Waals surface area contributed by atoms with E-state index in [1.807, 2.05) is 0 Å². The van der Waals surface area contributed by atoms with Crippen LogP contribution in [0.15, 0.2) is 67.1 Å². The molecule has 2 aromatic heterocycles. The molecular weight excluding hydrogens is 609 g/mol. The third-order valence-electron chi connectivity index (χ3n) is 6.57. The standard InChI is InChI=1S/C29H25ClF5N7O2/c30-39-25(3-1-2-14-36)27(43)44-28(17-42-18-38-40-41-42,23-12-11-22(32)15-24(23)33)29(34,35)26-13-8-20(16-37-26)5-4-19-6-9-21(31)10-7-19/h6-13,15-16,18,25,39H,1-3,14,17,36H2/t25-,28?/m0/s1. The minimum atomic E-state index is -4.29. The number of pyridine rings is 1. The number of hydrogen-bond acceptors (Lipinski definition) is 8. The third kappa shape index (κ3) is 7.36. The van der Waals surface area contributed by atoms with Gasteiger partial charge in [-0.05, 0) is 96.5 Å². The summed E-state index contributed by atoms with van der Waals surface area (Å²) in [6, 6.07) is 8.05. The van der Waals surface area contributed by atoms with E-state index in [9.17, 15) is 13.6 Å². The molecular formula is C29H25ClF5N7O2. The highest BCUT2D eigenvalue weighted by molar-refractivity contribution is 6.14. The lowest BCUT2D eigenvalue weighted by Crippen LogP contribution is -2.53. The van der Waals surface area contributed by atoms with E-state index in [0.717, 1.165) is 35.4 Å². The lowest BCUT2D eigenvalue weighted by Gasteiger charge is -2.40. The van der Waals surface area contributed by atoms with Gasteiger partial charge in [-0.2, -0.15) is 8.78 Å². The van der Waals surface area contributed by atoms with Crippen LogP contribution in [-0.4, -0.2) is 43.7 Å². The number of ether oxygens (including phenoxy) is 1. The molecule has 0 radical (unpaired) electrons. The van der Waals surface area contributed by atoms with Gasteiger partial charge in [-0.25, -0.2) is 22.7 Å². The number of carbonyl (C=O) groups excluding carboxylic acids is 1. The molecule has 44 heavy (non-hydrogen) atoms. The zero-order chi connectivity index (χ0) is 31.7. The largest absolute Gasteiger partial charge is 0.444 e. The molecule has 9 nitrogen and oxygen atoms in total. The molecule has 0 aliphatic rings. The summed E-state index contributed by atoms with van der Waals surface area (Å²) in [7, 11) is 0. The Kier molecular flexibility index (Phi) is 10.6. The van der Waals surface area contributed by atoms with E-state index in [2.05, 4.69) is 37.2 Å². The second-order valence-electron chi connectivity index (χ2n) is 9.59. The maximum Gasteiger partial charge on any atom is 0.334 e. The van der Waals surface area contributed by atoms with Crippen LogP contribution in [0.2, 0.25) is 0 Å². The van der Waals surface area contributed by atoms with Crippen LogP contribution in [0.3, 0.4) is 0 Å². The van der Waals surface area contributed by atoms with Crippen molar-refractivity contribution in [1.82, 2.24) is 30.0 Å². The van der Waals surface area contributed by atoms with Gasteiger partial charge >= 0.3 is 11.9 Å². The predicted octanol–water partition coefficient (Wildman–Crippen LogP) is 4.36. The molecule has 4 rings (SSSR count). The summed E-state index contributed by atoms with van der Waals surface area (Å²) in [5.41, 5.74) is 1.18. The number of nitrogens with two attached hydrogens (primary N) is 1. The fourth-order valence-corrected chi connectivity index (χ4v) is 4.49. The highest BCUT2D eigenvalue weighted by Crippen LogP contribution is 2.49. The Labute approximate surface area is 253 Å². The van der Waals surface area contributed by atoms with Gasteiger partial charge in [-0.15, -0.1) is 5.10 Å². The number of benzene rings is 2. The number of rotatable bonds is 12. The van der Waals surface area contributed by atoms with Crippen molar-refractivity contribution in [2.45, 2.75) is 43.4 Å². The van der Waals surface area contributed by atoms with Crippen LogP contribution in [0.4, 0.5) is 22.0 Å². The number of halogens is 6. The molecule has 0 spiro atoms. The molecule has 0 aliphatic carbocycles. The van der Waals surface area contributed by atoms with Gasteiger partial charge in [0.15, 0.2) is 0 Å². The molecule has 4 aromatic rings. The van der Waals surface area contributed by atoms with Gasteiger partial charge in [0, 0.05) is 29.0 Å². The van der Waals surface area contributed by atoms with Gasteiger partial charge in [0.2, 0.25) is 5.60 Å². The molecule has 2 heterocycles. The van der Waals surface area contributed by atoms with Crippen molar-refractivity contribution in [1.29, 1.82) is 0 Å². The number of unbranched alkanes of at least 4 members (excludes halogenated alkanes) is 1. The lowest BCUT2D eigenvalue weighted by molar-refractivity contribution is -0.233. The SMILES string of the molecule is NCCCC[C@H](NCl)C(=O)OC(Cn1cnnn1)(c1ccc(F)cc1F)C(F)(F)c1ccc(C#Cc2ccc(F)cc2)cn1. The Balaban J connectivity index is 1.81. The van der Waals surface area contributed by atoms with Crippen LogP contribution in [0.25, 0.3) is 0 Å². The van der Waals surface area contributed by atoms with Crippen molar-refractivity contribution in [2.75, 3.05) is 6.54 Å². The van der Waals surface area contributed by atoms with Crippen molar-refractivity contribution in [3.63, 3.8) is 0 Å². The summed E-state index contributed by atoms with van der Waals surface area (Å²) in [4.78, 5) is 19.5. The van der Waals surface area contributed by atoms with Crippen LogP contribution in [0.1, 0.15) is 41.6 Å². The summed E-state index contributed by atoms with van der Waals surface area (Å²) in [6.07, 6.45) is 2.94. The summed E-state index contributed by atoms with van der Waals surface area (Å²) < 4.78 is 82.6. The van der Waals surface area contributed by atoms with E-state index in [1.165, 1.54) is 30.3 Å². The zero-order valence-electron chi connectivity index (χ0n) is 22.9. The van der Waals surface area contributed by atoms with Gasteiger partial charge in [-0.1, -0.05) is 11.8 Å². The number of tetrazole rings is 1. The number of carbonyl (C=O) groups is 1. The second kappa shape index (κ2) is 14.3. The minimum absolute atomic E-state index is 0.0532. The molecule has 0 saturated carbocycles. The molecule has 0 aliphatic heterocycles. The summed E-state index contributed by atoms with van der Waals surface area (Å²) in [6.45, 7) is -0.699. The molecule has 15 heteroatoms. The highest BCUT2D eigenvalue weighted by atomic mass is 35.5. The topological polar surface area (TPSA) is 121 Å². The Morgan fingerprint density at radius 2 is 1.73 bits per heavy atom. The van der Waals surface area contributed by atoms with Crippen molar-refractivity contribution >= 4 is 17.7 Å². The monoisotopic (exact) mass is 633 g/mol. The smallest absolute Gasteiger partial charge is 0.334 e. The average Bonchev–Trinajstić information content (AvgIpc) is 3.52. The van der Waals surface area contributed by atoms with Crippen LogP contribution in [0.5, 0.6) is 0 Å². The fraction of sp³-hybridized carbons (Fsp3) is 0.276. The molecule has 3 N–H and O–H groups in total. The van der Waals surface area contributed by atoms with Crippen LogP contribution in [-0.2, 0) is 27.6 Å². The normalized spacial score (nSPS) is 13.4. The van der Waals surface area contributed by atoms with Crippen molar-refractivity contribution < 1.29 is 31.5 Å². The molecule has 0 fully saturated rings. The first kappa shape index (κ1) is 32.5. The van der Waals surface area contributed by atoms with Crippen molar-refractivity contribution in [3.8, 4) is 11.8 Å². The van der Waals surface area contributed by atoms with Gasteiger partial charge in [0.05, 0.1) is 6.54 Å². The maximum absolute atomic E-state index is 16.9. The number of nitrogens with zero attached hydrogens (tertiary/aromatic N) is 5. The summed E-state index contributed by atoms with van der Waals surface area (Å²) in [5.74, 6) is -2.98. The van der Waals surface area contributed by atoms with E-state index in [4.69, 9.17) is 22.2 Å². The van der Waals surface area contributed by atoms with Crippen LogP contribution < -0.4 is 10.6 Å². The molecule has 230 valence electrons. The minimum Gasteiger partial charge on any atom is -0.444 e. The highest BCUT2D eigenvalue weighted by Gasteiger charge is 2.62. The zero-order valence-corrected chi connectivity index (χ0v) is 23.6. The maximum atomic E-state index is 16.9. The molecule has 0 saturated heterocycles. The third-order valence-corrected chi connectivity index (χ3v) is 6.83. The molecule has 2 aromatic carbocycles. The van der Waals surface area contributed by atoms with Crippen LogP contribution >= 0.6 is 11.8 Å². The lowest BCUT2D eigenvalue weighted by atomic mass is 9.83. The summed E-state index contributed by atoms with van der Waals surface area (Å²) in [5, 5.41) is 10.5. The van der Waals surface area contributed by atoms with Gasteiger partial charge in [-0.3, -0.25) is 9.78 Å². The van der Waals surface area contributed by atoms with E-state index in [0.29, 0.717) is 31.0 Å². The quantitative estimate of drug-likeness (QED) is 0.0777. The first-order valence-corrected chi connectivity index (χ1v) is 13.5. The van der Waals surface area contributed by atoms with Gasteiger partial charge < -0.3 is 10.5 Å². The van der Waals surface area contributed by atoms with E-state index >= 15 is 13.2 Å². The fourth-order valence-electron chi connectivity index (χ4n) is 4.29. The van der Waals surface area contributed by atoms with Gasteiger partial charge in [0.1, 0.15) is 35.5 Å². The Morgan fingerprint density at radius 1 is 1.02 bits per heavy atom. The molecule has 0 bridgehead atoms. The van der Waals surface area contributed by atoms with Crippen molar-refractivity contribution in [3.05, 3.63) is 107 Å². The first-order valence-electron chi connectivity index (χ1n) is 13.2. The van der Waals surface area contributed by atoms with E-state index < -0.39 is 58.8 Å². The molecule has 1 unspecified atom stereocenters. The van der Waals surface area contributed by atoms with E-state index in [-0.39, 0.29) is 12.0 Å². The summed E-state index contributed by atoms with van der Waals surface area (Å²) >= 11 is 5.77. The Morgan fingerprint density at radius 3 is 2.34 bits per heavy atom. The number of nitrogens with one attached hydrogen (secondary N) is 1. The van der Waals surface area contributed by atoms with Crippen molar-refractivity contribution in [2.24, 2.45) is 5.73 Å². The molecule has 2 atom stereocenters. The predicted molar refractivity (Wildman–Crippen MR) is 148 cm³/mol. The number of hydrogen-bond donors (Lipinski definition) is 2. The Hall–Kier alpha value is -4.45.